The standard InChI is InChI=1S/C22H22/c1-15-5-3-7-21-17(11-13-19(15)21)9-10-18-12-14-20-16(2)6-4-8-22(18)20/h3-8,11-14,17-18H,9-10H2,1-2H3. The fourth-order valence-corrected chi connectivity index (χ4v) is 4.00. The highest BCUT2D eigenvalue weighted by molar-refractivity contribution is 5.66. The van der Waals surface area contributed by atoms with Crippen molar-refractivity contribution in [1.29, 1.82) is 0 Å². The molecule has 2 aromatic carbocycles. The van der Waals surface area contributed by atoms with Gasteiger partial charge < -0.3 is 0 Å². The van der Waals surface area contributed by atoms with Crippen LogP contribution in [0.15, 0.2) is 48.6 Å². The van der Waals surface area contributed by atoms with Crippen molar-refractivity contribution >= 4 is 12.2 Å². The minimum Gasteiger partial charge on any atom is -0.0764 e. The Morgan fingerprint density at radius 3 is 1.59 bits per heavy atom. The molecule has 0 saturated carbocycles. The summed E-state index contributed by atoms with van der Waals surface area (Å²) in [7, 11) is 0. The molecule has 0 aromatic heterocycles. The van der Waals surface area contributed by atoms with Crippen molar-refractivity contribution in [1.82, 2.24) is 0 Å². The van der Waals surface area contributed by atoms with Crippen molar-refractivity contribution in [3.63, 3.8) is 0 Å². The van der Waals surface area contributed by atoms with Gasteiger partial charge in [-0.1, -0.05) is 60.7 Å². The number of aryl methyl sites for hydroxylation is 2. The molecule has 0 N–H and O–H groups in total. The van der Waals surface area contributed by atoms with E-state index in [2.05, 4.69) is 74.5 Å². The van der Waals surface area contributed by atoms with Crippen LogP contribution in [-0.2, 0) is 0 Å². The van der Waals surface area contributed by atoms with E-state index in [1.54, 1.807) is 0 Å². The number of rotatable bonds is 3. The maximum Gasteiger partial charge on any atom is 0.00276 e. The van der Waals surface area contributed by atoms with Crippen molar-refractivity contribution in [2.45, 2.75) is 38.5 Å². The van der Waals surface area contributed by atoms with Crippen LogP contribution in [0.2, 0.25) is 0 Å². The molecule has 2 aliphatic rings. The SMILES string of the molecule is Cc1cccc2c1C=CC2CCC1C=Cc2c(C)cccc21. The van der Waals surface area contributed by atoms with Crippen molar-refractivity contribution in [2.24, 2.45) is 0 Å². The highest BCUT2D eigenvalue weighted by Gasteiger charge is 2.22. The number of fused-ring (bicyclic) bond motifs is 2. The molecule has 2 aliphatic carbocycles. The topological polar surface area (TPSA) is 0 Å². The number of benzene rings is 2. The normalized spacial score (nSPS) is 21.2. The first-order valence-corrected chi connectivity index (χ1v) is 8.29. The Morgan fingerprint density at radius 2 is 1.14 bits per heavy atom. The third kappa shape index (κ3) is 2.14. The molecule has 0 spiro atoms. The third-order valence-electron chi connectivity index (χ3n) is 5.29. The number of hydrogen-bond acceptors (Lipinski definition) is 0. The lowest BCUT2D eigenvalue weighted by molar-refractivity contribution is 0.642. The zero-order valence-corrected chi connectivity index (χ0v) is 13.3. The molecule has 0 saturated heterocycles. The van der Waals surface area contributed by atoms with Crippen LogP contribution in [0.1, 0.15) is 58.1 Å². The highest BCUT2D eigenvalue weighted by atomic mass is 14.3. The average Bonchev–Trinajstić information content (AvgIpc) is 3.11. The van der Waals surface area contributed by atoms with Crippen LogP contribution in [-0.4, -0.2) is 0 Å². The minimum atomic E-state index is 0.595. The minimum absolute atomic E-state index is 0.595. The molecule has 0 amide bonds. The van der Waals surface area contributed by atoms with Gasteiger partial charge in [0.15, 0.2) is 0 Å². The molecule has 2 atom stereocenters. The summed E-state index contributed by atoms with van der Waals surface area (Å²) in [5.74, 6) is 1.19. The summed E-state index contributed by atoms with van der Waals surface area (Å²) >= 11 is 0. The van der Waals surface area contributed by atoms with Crippen molar-refractivity contribution < 1.29 is 0 Å². The second-order valence-electron chi connectivity index (χ2n) is 6.66. The second-order valence-corrected chi connectivity index (χ2v) is 6.66. The van der Waals surface area contributed by atoms with Gasteiger partial charge in [-0.2, -0.15) is 0 Å². The molecule has 0 bridgehead atoms. The predicted octanol–water partition coefficient (Wildman–Crippen LogP) is 6.00. The van der Waals surface area contributed by atoms with Gasteiger partial charge in [-0.25, -0.2) is 0 Å². The summed E-state index contributed by atoms with van der Waals surface area (Å²) in [6.45, 7) is 4.43. The highest BCUT2D eigenvalue weighted by Crippen LogP contribution is 2.40. The van der Waals surface area contributed by atoms with E-state index in [0.29, 0.717) is 11.8 Å². The zero-order chi connectivity index (χ0) is 15.1. The van der Waals surface area contributed by atoms with E-state index in [4.69, 9.17) is 0 Å². The van der Waals surface area contributed by atoms with Crippen LogP contribution in [0.3, 0.4) is 0 Å². The zero-order valence-electron chi connectivity index (χ0n) is 13.3. The molecule has 0 nitrogen and oxygen atoms in total. The Balaban J connectivity index is 1.51. The lowest BCUT2D eigenvalue weighted by atomic mass is 9.88. The summed E-state index contributed by atoms with van der Waals surface area (Å²) in [6, 6.07) is 13.4. The third-order valence-corrected chi connectivity index (χ3v) is 5.29. The van der Waals surface area contributed by atoms with Gasteiger partial charge in [0.2, 0.25) is 0 Å². The first-order chi connectivity index (χ1) is 10.7. The summed E-state index contributed by atoms with van der Waals surface area (Å²) in [5, 5.41) is 0. The summed E-state index contributed by atoms with van der Waals surface area (Å²) in [5.41, 5.74) is 8.74. The van der Waals surface area contributed by atoms with Crippen LogP contribution in [0.4, 0.5) is 0 Å². The lowest BCUT2D eigenvalue weighted by Crippen LogP contribution is -1.99. The van der Waals surface area contributed by atoms with Gasteiger partial charge in [0.1, 0.15) is 0 Å². The van der Waals surface area contributed by atoms with Crippen LogP contribution >= 0.6 is 0 Å². The maximum absolute atomic E-state index is 2.40. The molecule has 0 heterocycles. The summed E-state index contributed by atoms with van der Waals surface area (Å²) < 4.78 is 0. The van der Waals surface area contributed by atoms with Crippen molar-refractivity contribution in [3.05, 3.63) is 81.9 Å². The van der Waals surface area contributed by atoms with Crippen molar-refractivity contribution in [3.8, 4) is 0 Å². The lowest BCUT2D eigenvalue weighted by Gasteiger charge is -2.16. The van der Waals surface area contributed by atoms with Gasteiger partial charge in [-0.05, 0) is 60.1 Å². The fourth-order valence-electron chi connectivity index (χ4n) is 4.00. The molecule has 2 unspecified atom stereocenters. The van der Waals surface area contributed by atoms with Crippen LogP contribution in [0.25, 0.3) is 12.2 Å². The van der Waals surface area contributed by atoms with Gasteiger partial charge in [0, 0.05) is 11.8 Å². The van der Waals surface area contributed by atoms with Crippen molar-refractivity contribution in [2.75, 3.05) is 0 Å². The van der Waals surface area contributed by atoms with E-state index in [1.165, 1.54) is 46.2 Å². The van der Waals surface area contributed by atoms with Gasteiger partial charge in [0.25, 0.3) is 0 Å². The van der Waals surface area contributed by atoms with E-state index >= 15 is 0 Å². The Hall–Kier alpha value is -2.08. The fraction of sp³-hybridized carbons (Fsp3) is 0.273. The van der Waals surface area contributed by atoms with Crippen LogP contribution < -0.4 is 0 Å². The summed E-state index contributed by atoms with van der Waals surface area (Å²) in [4.78, 5) is 0. The quantitative estimate of drug-likeness (QED) is 0.648. The van der Waals surface area contributed by atoms with E-state index in [1.807, 2.05) is 0 Å². The van der Waals surface area contributed by atoms with Gasteiger partial charge in [0.05, 0.1) is 0 Å². The smallest absolute Gasteiger partial charge is 0.00276 e. The maximum atomic E-state index is 2.40. The van der Waals surface area contributed by atoms with Gasteiger partial charge >= 0.3 is 0 Å². The van der Waals surface area contributed by atoms with E-state index < -0.39 is 0 Å². The first kappa shape index (κ1) is 13.6. The molecule has 22 heavy (non-hydrogen) atoms. The molecule has 0 aliphatic heterocycles. The first-order valence-electron chi connectivity index (χ1n) is 8.29. The molecular weight excluding hydrogens is 264 g/mol. The number of hydrogen-bond donors (Lipinski definition) is 0. The molecule has 2 aromatic rings. The molecule has 0 radical (unpaired) electrons. The molecule has 4 rings (SSSR count). The van der Waals surface area contributed by atoms with Gasteiger partial charge in [-0.15, -0.1) is 0 Å². The Bertz CT molecular complexity index is 709. The molecule has 0 heteroatoms. The largest absolute Gasteiger partial charge is 0.0764 e. The summed E-state index contributed by atoms with van der Waals surface area (Å²) in [6.07, 6.45) is 11.9. The monoisotopic (exact) mass is 286 g/mol. The van der Waals surface area contributed by atoms with E-state index in [-0.39, 0.29) is 0 Å². The Morgan fingerprint density at radius 1 is 0.682 bits per heavy atom. The van der Waals surface area contributed by atoms with Crippen LogP contribution in [0.5, 0.6) is 0 Å². The Kier molecular flexibility index (Phi) is 3.26. The van der Waals surface area contributed by atoms with Gasteiger partial charge in [-0.3, -0.25) is 0 Å². The van der Waals surface area contributed by atoms with E-state index in [0.717, 1.165) is 0 Å². The molecule has 0 fully saturated rings. The second kappa shape index (κ2) is 5.28. The number of allylic oxidation sites excluding steroid dienone is 2. The molecular formula is C22H22. The van der Waals surface area contributed by atoms with E-state index in [9.17, 15) is 0 Å². The predicted molar refractivity (Wildman–Crippen MR) is 95.1 cm³/mol. The van der Waals surface area contributed by atoms with Crippen LogP contribution in [0, 0.1) is 13.8 Å². The Labute approximate surface area is 133 Å². The molecule has 110 valence electrons. The average molecular weight is 286 g/mol.